The van der Waals surface area contributed by atoms with Crippen LogP contribution in [0, 0.1) is 19.8 Å². The minimum atomic E-state index is -1.36. The second-order valence-electron chi connectivity index (χ2n) is 9.06. The van der Waals surface area contributed by atoms with E-state index in [0.717, 1.165) is 11.1 Å². The number of fused-ring (bicyclic) bond motifs is 4. The minimum absolute atomic E-state index is 0.267. The number of halogens is 1. The molecule has 35 heavy (non-hydrogen) atoms. The number of carbonyl (C=O) groups excluding carboxylic acids is 2. The van der Waals surface area contributed by atoms with E-state index in [9.17, 15) is 9.59 Å². The molecule has 0 radical (unpaired) electrons. The van der Waals surface area contributed by atoms with Gasteiger partial charge in [-0.2, -0.15) is 0 Å². The van der Waals surface area contributed by atoms with Crippen molar-refractivity contribution in [2.24, 2.45) is 5.92 Å². The van der Waals surface area contributed by atoms with Gasteiger partial charge in [0.1, 0.15) is 5.92 Å². The van der Waals surface area contributed by atoms with Crippen molar-refractivity contribution in [3.63, 3.8) is 0 Å². The van der Waals surface area contributed by atoms with Crippen LogP contribution in [0.1, 0.15) is 29.7 Å². The van der Waals surface area contributed by atoms with Crippen LogP contribution in [0.5, 0.6) is 11.5 Å². The first-order valence-corrected chi connectivity index (χ1v) is 11.7. The quantitative estimate of drug-likeness (QED) is 0.498. The average Bonchev–Trinajstić information content (AvgIpc) is 2.81. The maximum absolute atomic E-state index is 13.9. The zero-order chi connectivity index (χ0) is 24.9. The average molecular weight is 492 g/mol. The topological polar surface area (TPSA) is 79.9 Å². The van der Waals surface area contributed by atoms with Crippen LogP contribution in [-0.2, 0) is 4.79 Å². The third-order valence-corrected chi connectivity index (χ3v) is 6.97. The number of nitrogens with zero attached hydrogens (tertiary/aromatic N) is 1. The van der Waals surface area contributed by atoms with Crippen LogP contribution in [0.2, 0.25) is 5.02 Å². The molecule has 180 valence electrons. The van der Waals surface area contributed by atoms with E-state index in [2.05, 4.69) is 10.6 Å². The Morgan fingerprint density at radius 3 is 2.57 bits per heavy atom. The molecule has 0 saturated carbocycles. The van der Waals surface area contributed by atoms with Crippen LogP contribution in [0.15, 0.2) is 60.7 Å². The molecule has 5 rings (SSSR count). The largest absolute Gasteiger partial charge is 0.493 e. The monoisotopic (exact) mass is 491 g/mol. The molecular formula is C27H26ClN3O4. The molecule has 2 aliphatic rings. The number of ether oxygens (including phenoxy) is 2. The molecule has 0 aromatic heterocycles. The number of aryl methyl sites for hydroxylation is 2. The zero-order valence-corrected chi connectivity index (χ0v) is 20.6. The van der Waals surface area contributed by atoms with Crippen molar-refractivity contribution in [2.45, 2.75) is 32.5 Å². The highest BCUT2D eigenvalue weighted by Crippen LogP contribution is 2.52. The van der Waals surface area contributed by atoms with E-state index >= 15 is 0 Å². The van der Waals surface area contributed by atoms with Gasteiger partial charge in [0, 0.05) is 22.0 Å². The van der Waals surface area contributed by atoms with Gasteiger partial charge in [0.05, 0.1) is 13.2 Å². The Hall–Kier alpha value is -3.71. The molecule has 3 aromatic carbocycles. The van der Waals surface area contributed by atoms with Gasteiger partial charge in [0.2, 0.25) is 11.6 Å². The van der Waals surface area contributed by atoms with E-state index in [-0.39, 0.29) is 11.9 Å². The van der Waals surface area contributed by atoms with Crippen molar-refractivity contribution < 1.29 is 19.1 Å². The van der Waals surface area contributed by atoms with Crippen LogP contribution in [0.4, 0.5) is 16.2 Å². The molecule has 3 aromatic rings. The van der Waals surface area contributed by atoms with Crippen molar-refractivity contribution in [2.75, 3.05) is 17.3 Å². The molecular weight excluding hydrogens is 466 g/mol. The molecule has 3 atom stereocenters. The van der Waals surface area contributed by atoms with E-state index < -0.39 is 17.7 Å². The molecule has 3 amide bonds. The summed E-state index contributed by atoms with van der Waals surface area (Å²) in [5, 5.41) is 6.65. The number of para-hydroxylation sites is 1. The van der Waals surface area contributed by atoms with Gasteiger partial charge >= 0.3 is 6.03 Å². The smallest absolute Gasteiger partial charge is 0.325 e. The Morgan fingerprint density at radius 1 is 1.14 bits per heavy atom. The fourth-order valence-electron chi connectivity index (χ4n) is 5.07. The van der Waals surface area contributed by atoms with Crippen molar-refractivity contribution in [1.29, 1.82) is 0 Å². The lowest BCUT2D eigenvalue weighted by molar-refractivity contribution is -0.131. The molecule has 0 aliphatic carbocycles. The minimum Gasteiger partial charge on any atom is -0.493 e. The summed E-state index contributed by atoms with van der Waals surface area (Å²) in [6.07, 6.45) is 0. The van der Waals surface area contributed by atoms with Gasteiger partial charge in [-0.15, -0.1) is 0 Å². The Bertz CT molecular complexity index is 1330. The summed E-state index contributed by atoms with van der Waals surface area (Å²) in [4.78, 5) is 28.8. The Morgan fingerprint density at radius 2 is 1.89 bits per heavy atom. The molecule has 1 saturated heterocycles. The molecule has 2 heterocycles. The lowest BCUT2D eigenvalue weighted by Gasteiger charge is -2.54. The van der Waals surface area contributed by atoms with Crippen LogP contribution in [-0.4, -0.2) is 24.8 Å². The fourth-order valence-corrected chi connectivity index (χ4v) is 5.20. The number of benzene rings is 3. The van der Waals surface area contributed by atoms with Crippen molar-refractivity contribution >= 4 is 34.9 Å². The van der Waals surface area contributed by atoms with Gasteiger partial charge in [-0.25, -0.2) is 4.79 Å². The summed E-state index contributed by atoms with van der Waals surface area (Å²) in [5.74, 6) is -0.0238. The van der Waals surface area contributed by atoms with Gasteiger partial charge in [-0.05, 0) is 62.7 Å². The lowest BCUT2D eigenvalue weighted by Crippen LogP contribution is -2.72. The second kappa shape index (κ2) is 8.50. The number of amides is 3. The predicted octanol–water partition coefficient (Wildman–Crippen LogP) is 5.60. The van der Waals surface area contributed by atoms with Crippen LogP contribution >= 0.6 is 11.6 Å². The summed E-state index contributed by atoms with van der Waals surface area (Å²) in [5.41, 5.74) is 2.65. The number of nitrogens with one attached hydrogen (secondary N) is 2. The summed E-state index contributed by atoms with van der Waals surface area (Å²) in [7, 11) is 1.56. The Balaban J connectivity index is 1.64. The SMILES string of the molecule is COc1cccc2c1O[C@@]1(C)[C@@H](C(=O)Nc3ccc(C)cc3C)[C@@H]2NC(=O)N1c1ccc(Cl)cc1. The van der Waals surface area contributed by atoms with E-state index in [4.69, 9.17) is 21.1 Å². The zero-order valence-electron chi connectivity index (χ0n) is 19.9. The van der Waals surface area contributed by atoms with Gasteiger partial charge in [0.25, 0.3) is 0 Å². The van der Waals surface area contributed by atoms with Crippen LogP contribution in [0.3, 0.4) is 0 Å². The van der Waals surface area contributed by atoms with E-state index in [1.807, 2.05) is 44.2 Å². The highest BCUT2D eigenvalue weighted by atomic mass is 35.5. The first kappa shape index (κ1) is 23.1. The lowest BCUT2D eigenvalue weighted by atomic mass is 9.78. The third kappa shape index (κ3) is 3.76. The molecule has 2 bridgehead atoms. The maximum Gasteiger partial charge on any atom is 0.325 e. The molecule has 0 unspecified atom stereocenters. The maximum atomic E-state index is 13.9. The van der Waals surface area contributed by atoms with Crippen LogP contribution in [0.25, 0.3) is 0 Å². The van der Waals surface area contributed by atoms with Gasteiger partial charge < -0.3 is 20.1 Å². The number of anilines is 2. The normalized spacial score (nSPS) is 22.5. The number of carbonyl (C=O) groups is 2. The number of urea groups is 1. The molecule has 7 nitrogen and oxygen atoms in total. The van der Waals surface area contributed by atoms with Crippen molar-refractivity contribution in [3.05, 3.63) is 82.4 Å². The van der Waals surface area contributed by atoms with E-state index in [1.54, 1.807) is 44.4 Å². The summed E-state index contributed by atoms with van der Waals surface area (Å²) < 4.78 is 12.1. The Labute approximate surface area is 209 Å². The van der Waals surface area contributed by atoms with Crippen molar-refractivity contribution in [1.82, 2.24) is 5.32 Å². The molecule has 2 aliphatic heterocycles. The second-order valence-corrected chi connectivity index (χ2v) is 9.50. The van der Waals surface area contributed by atoms with Crippen molar-refractivity contribution in [3.8, 4) is 11.5 Å². The standard InChI is InChI=1S/C27H26ClN3O4/c1-15-8-13-20(16(2)14-15)29-25(32)22-23-19-6-5-7-21(34-4)24(19)35-27(22,3)31(26(33)30-23)18-11-9-17(28)10-12-18/h5-14,22-23H,1-4H3,(H,29,32)(H,30,33)/t22-,23-,27+/m1/s1. The molecule has 1 fully saturated rings. The number of methoxy groups -OCH3 is 1. The first-order chi connectivity index (χ1) is 16.7. The highest BCUT2D eigenvalue weighted by Gasteiger charge is 2.60. The number of hydrogen-bond donors (Lipinski definition) is 2. The summed E-state index contributed by atoms with van der Waals surface area (Å²) in [6, 6.07) is 17.2. The fraction of sp³-hybridized carbons (Fsp3) is 0.259. The molecule has 8 heteroatoms. The van der Waals surface area contributed by atoms with Crippen LogP contribution < -0.4 is 25.0 Å². The number of hydrogen-bond acceptors (Lipinski definition) is 4. The first-order valence-electron chi connectivity index (χ1n) is 11.3. The Kier molecular flexibility index (Phi) is 5.60. The van der Waals surface area contributed by atoms with E-state index in [0.29, 0.717) is 33.5 Å². The molecule has 2 N–H and O–H groups in total. The summed E-state index contributed by atoms with van der Waals surface area (Å²) >= 11 is 6.10. The van der Waals surface area contributed by atoms with E-state index in [1.165, 1.54) is 4.90 Å². The van der Waals surface area contributed by atoms with Gasteiger partial charge in [-0.1, -0.05) is 41.4 Å². The number of rotatable bonds is 4. The highest BCUT2D eigenvalue weighted by molar-refractivity contribution is 6.30. The third-order valence-electron chi connectivity index (χ3n) is 6.72. The van der Waals surface area contributed by atoms with Gasteiger partial charge in [0.15, 0.2) is 11.5 Å². The molecule has 0 spiro atoms. The summed E-state index contributed by atoms with van der Waals surface area (Å²) in [6.45, 7) is 5.71. The van der Waals surface area contributed by atoms with Gasteiger partial charge in [-0.3, -0.25) is 9.69 Å². The predicted molar refractivity (Wildman–Crippen MR) is 135 cm³/mol.